The molecule has 0 radical (unpaired) electrons. The van der Waals surface area contributed by atoms with E-state index in [4.69, 9.17) is 0 Å². The third kappa shape index (κ3) is 3.18. The summed E-state index contributed by atoms with van der Waals surface area (Å²) in [7, 11) is 0. The zero-order valence-electron chi connectivity index (χ0n) is 12.0. The smallest absolute Gasteiger partial charge is 0.0195 e. The molecule has 0 amide bonds. The van der Waals surface area contributed by atoms with Crippen LogP contribution < -0.4 is 5.32 Å². The fraction of sp³-hybridized carbons (Fsp3) is 0.647. The van der Waals surface area contributed by atoms with Gasteiger partial charge in [-0.3, -0.25) is 4.90 Å². The molecule has 2 heteroatoms. The van der Waals surface area contributed by atoms with E-state index in [1.165, 1.54) is 50.9 Å². The number of nitrogens with zero attached hydrogens (tertiary/aromatic N) is 1. The maximum Gasteiger partial charge on any atom is 0.0195 e. The predicted octanol–water partition coefficient (Wildman–Crippen LogP) is 3.01. The molecule has 0 spiro atoms. The highest BCUT2D eigenvalue weighted by Gasteiger charge is 2.43. The van der Waals surface area contributed by atoms with Crippen LogP contribution in [-0.4, -0.2) is 36.6 Å². The molecule has 1 aliphatic heterocycles. The van der Waals surface area contributed by atoms with Gasteiger partial charge in [0.2, 0.25) is 0 Å². The van der Waals surface area contributed by atoms with Crippen LogP contribution in [0.2, 0.25) is 0 Å². The highest BCUT2D eigenvalue weighted by Crippen LogP contribution is 2.44. The highest BCUT2D eigenvalue weighted by atomic mass is 15.2. The average Bonchev–Trinajstić information content (AvgIpc) is 3.23. The van der Waals surface area contributed by atoms with E-state index in [2.05, 4.69) is 47.5 Å². The standard InChI is InChI=1S/C17H26N2/c1-2-7-15-13-19(11-6-10-18-15)17-12-16(17)14-8-4-3-5-9-14/h3-5,8-9,15-18H,2,6-7,10-13H2,1H3. The van der Waals surface area contributed by atoms with E-state index in [1.54, 1.807) is 0 Å². The zero-order chi connectivity index (χ0) is 13.1. The van der Waals surface area contributed by atoms with Crippen molar-refractivity contribution < 1.29 is 0 Å². The van der Waals surface area contributed by atoms with Crippen LogP contribution in [0.4, 0.5) is 0 Å². The van der Waals surface area contributed by atoms with Gasteiger partial charge >= 0.3 is 0 Å². The molecule has 104 valence electrons. The second kappa shape index (κ2) is 6.06. The molecule has 1 aliphatic carbocycles. The Balaban J connectivity index is 1.60. The molecule has 1 aromatic carbocycles. The van der Waals surface area contributed by atoms with E-state index in [1.807, 2.05) is 0 Å². The molecular formula is C17H26N2. The quantitative estimate of drug-likeness (QED) is 0.893. The van der Waals surface area contributed by atoms with Crippen molar-refractivity contribution in [2.24, 2.45) is 0 Å². The molecule has 1 N–H and O–H groups in total. The fourth-order valence-corrected chi connectivity index (χ4v) is 3.51. The summed E-state index contributed by atoms with van der Waals surface area (Å²) >= 11 is 0. The molecule has 19 heavy (non-hydrogen) atoms. The van der Waals surface area contributed by atoms with Gasteiger partial charge in [-0.25, -0.2) is 0 Å². The van der Waals surface area contributed by atoms with Crippen LogP contribution in [0, 0.1) is 0 Å². The largest absolute Gasteiger partial charge is 0.313 e. The molecule has 0 aromatic heterocycles. The normalized spacial score (nSPS) is 31.9. The van der Waals surface area contributed by atoms with Crippen molar-refractivity contribution in [2.45, 2.75) is 50.6 Å². The molecule has 2 nitrogen and oxygen atoms in total. The molecule has 3 atom stereocenters. The lowest BCUT2D eigenvalue weighted by molar-refractivity contribution is 0.249. The number of benzene rings is 1. The van der Waals surface area contributed by atoms with Crippen molar-refractivity contribution in [3.8, 4) is 0 Å². The number of rotatable bonds is 4. The SMILES string of the molecule is CCCC1CN(C2CC2c2ccccc2)CCCN1. The second-order valence-corrected chi connectivity index (χ2v) is 6.11. The minimum Gasteiger partial charge on any atom is -0.313 e. The number of hydrogen-bond donors (Lipinski definition) is 1. The van der Waals surface area contributed by atoms with Crippen molar-refractivity contribution in [1.29, 1.82) is 0 Å². The van der Waals surface area contributed by atoms with Crippen molar-refractivity contribution in [1.82, 2.24) is 10.2 Å². The van der Waals surface area contributed by atoms with Crippen LogP contribution in [0.25, 0.3) is 0 Å². The van der Waals surface area contributed by atoms with Gasteiger partial charge in [0.1, 0.15) is 0 Å². The van der Waals surface area contributed by atoms with Crippen LogP contribution in [0.3, 0.4) is 0 Å². The lowest BCUT2D eigenvalue weighted by Gasteiger charge is -2.24. The third-order valence-corrected chi connectivity index (χ3v) is 4.60. The summed E-state index contributed by atoms with van der Waals surface area (Å²) in [4.78, 5) is 2.75. The van der Waals surface area contributed by atoms with Crippen LogP contribution in [0.15, 0.2) is 30.3 Å². The molecule has 3 rings (SSSR count). The van der Waals surface area contributed by atoms with Gasteiger partial charge in [0, 0.05) is 24.5 Å². The molecular weight excluding hydrogens is 232 g/mol. The van der Waals surface area contributed by atoms with Crippen molar-refractivity contribution >= 4 is 0 Å². The van der Waals surface area contributed by atoms with E-state index >= 15 is 0 Å². The van der Waals surface area contributed by atoms with Crippen molar-refractivity contribution in [2.75, 3.05) is 19.6 Å². The van der Waals surface area contributed by atoms with Gasteiger partial charge in [-0.15, -0.1) is 0 Å². The first-order valence-electron chi connectivity index (χ1n) is 7.91. The molecule has 1 saturated heterocycles. The average molecular weight is 258 g/mol. The summed E-state index contributed by atoms with van der Waals surface area (Å²) in [5, 5.41) is 3.71. The Morgan fingerprint density at radius 1 is 1.26 bits per heavy atom. The Bertz CT molecular complexity index is 390. The first kappa shape index (κ1) is 13.1. The van der Waals surface area contributed by atoms with E-state index < -0.39 is 0 Å². The lowest BCUT2D eigenvalue weighted by Crippen LogP contribution is -2.38. The topological polar surface area (TPSA) is 15.3 Å². The Hall–Kier alpha value is -0.860. The summed E-state index contributed by atoms with van der Waals surface area (Å²) < 4.78 is 0. The number of nitrogens with one attached hydrogen (secondary N) is 1. The maximum absolute atomic E-state index is 3.71. The van der Waals surface area contributed by atoms with Gasteiger partial charge in [-0.2, -0.15) is 0 Å². The summed E-state index contributed by atoms with van der Waals surface area (Å²) in [6, 6.07) is 12.6. The summed E-state index contributed by atoms with van der Waals surface area (Å²) in [5.74, 6) is 0.793. The van der Waals surface area contributed by atoms with E-state index in [-0.39, 0.29) is 0 Å². The molecule has 1 aromatic rings. The first-order chi connectivity index (χ1) is 9.38. The number of hydrogen-bond acceptors (Lipinski definition) is 2. The summed E-state index contributed by atoms with van der Waals surface area (Å²) in [6.45, 7) is 6.02. The molecule has 2 fully saturated rings. The maximum atomic E-state index is 3.71. The summed E-state index contributed by atoms with van der Waals surface area (Å²) in [6.07, 6.45) is 5.28. The van der Waals surface area contributed by atoms with Crippen LogP contribution in [0.1, 0.15) is 44.1 Å². The minimum atomic E-state index is 0.713. The van der Waals surface area contributed by atoms with E-state index in [9.17, 15) is 0 Å². The molecule has 0 bridgehead atoms. The van der Waals surface area contributed by atoms with Crippen LogP contribution >= 0.6 is 0 Å². The van der Waals surface area contributed by atoms with Gasteiger partial charge in [0.05, 0.1) is 0 Å². The zero-order valence-corrected chi connectivity index (χ0v) is 12.0. The molecule has 1 heterocycles. The van der Waals surface area contributed by atoms with Crippen molar-refractivity contribution in [3.05, 3.63) is 35.9 Å². The predicted molar refractivity (Wildman–Crippen MR) is 80.5 cm³/mol. The van der Waals surface area contributed by atoms with E-state index in [0.717, 1.165) is 12.0 Å². The summed E-state index contributed by atoms with van der Waals surface area (Å²) in [5.41, 5.74) is 1.54. The molecule has 3 unspecified atom stereocenters. The van der Waals surface area contributed by atoms with Crippen LogP contribution in [0.5, 0.6) is 0 Å². The van der Waals surface area contributed by atoms with Gasteiger partial charge in [0.15, 0.2) is 0 Å². The van der Waals surface area contributed by atoms with Gasteiger partial charge in [0.25, 0.3) is 0 Å². The van der Waals surface area contributed by atoms with E-state index in [0.29, 0.717) is 6.04 Å². The van der Waals surface area contributed by atoms with Crippen LogP contribution in [-0.2, 0) is 0 Å². The monoisotopic (exact) mass is 258 g/mol. The first-order valence-corrected chi connectivity index (χ1v) is 7.91. The molecule has 2 aliphatic rings. The Morgan fingerprint density at radius 2 is 2.11 bits per heavy atom. The van der Waals surface area contributed by atoms with Gasteiger partial charge in [-0.05, 0) is 37.9 Å². The highest BCUT2D eigenvalue weighted by molar-refractivity contribution is 5.27. The minimum absolute atomic E-state index is 0.713. The van der Waals surface area contributed by atoms with Gasteiger partial charge < -0.3 is 5.32 Å². The molecule has 1 saturated carbocycles. The Kier molecular flexibility index (Phi) is 4.19. The lowest BCUT2D eigenvalue weighted by atomic mass is 10.1. The fourth-order valence-electron chi connectivity index (χ4n) is 3.51. The Morgan fingerprint density at radius 3 is 2.89 bits per heavy atom. The second-order valence-electron chi connectivity index (χ2n) is 6.11. The Labute approximate surface area is 117 Å². The van der Waals surface area contributed by atoms with Crippen molar-refractivity contribution in [3.63, 3.8) is 0 Å². The van der Waals surface area contributed by atoms with Gasteiger partial charge in [-0.1, -0.05) is 43.7 Å². The third-order valence-electron chi connectivity index (χ3n) is 4.60.